The molecule has 3 rings (SSSR count). The molecule has 4 nitrogen and oxygen atoms in total. The van der Waals surface area contributed by atoms with Crippen molar-refractivity contribution in [3.05, 3.63) is 30.6 Å². The van der Waals surface area contributed by atoms with E-state index in [4.69, 9.17) is 0 Å². The molecule has 114 valence electrons. The fourth-order valence-electron chi connectivity index (χ4n) is 3.42. The summed E-state index contributed by atoms with van der Waals surface area (Å²) in [6.07, 6.45) is 10.3. The Kier molecular flexibility index (Phi) is 4.44. The zero-order valence-corrected chi connectivity index (χ0v) is 13.1. The lowest BCUT2D eigenvalue weighted by Gasteiger charge is -2.36. The number of hydrogen-bond acceptors (Lipinski definition) is 3. The Bertz CT molecular complexity index is 569. The van der Waals surface area contributed by atoms with Crippen LogP contribution in [0.5, 0.6) is 0 Å². The number of pyridine rings is 1. The molecule has 2 heterocycles. The molecule has 21 heavy (non-hydrogen) atoms. The molecule has 0 amide bonds. The summed E-state index contributed by atoms with van der Waals surface area (Å²) < 4.78 is 2.18. The maximum atomic E-state index is 4.38. The molecule has 1 aliphatic rings. The molecular formula is C17H26N4. The number of hydrogen-bond donors (Lipinski definition) is 1. The van der Waals surface area contributed by atoms with E-state index in [9.17, 15) is 0 Å². The van der Waals surface area contributed by atoms with Gasteiger partial charge < -0.3 is 10.2 Å². The largest absolute Gasteiger partial charge is 0.358 e. The minimum absolute atomic E-state index is 0.637. The first-order valence-electron chi connectivity index (χ1n) is 8.18. The molecule has 1 N–H and O–H groups in total. The standard InChI is InChI=1S/C17H26N4/c1-3-11-18-14-7-9-15(10-8-14)20(2)17-6-4-5-16-19-12-13-21(16)17/h4-6,12-15,18H,3,7-11H2,1-2H3. The van der Waals surface area contributed by atoms with E-state index in [-0.39, 0.29) is 0 Å². The fraction of sp³-hybridized carbons (Fsp3) is 0.588. The summed E-state index contributed by atoms with van der Waals surface area (Å²) in [6.45, 7) is 3.39. The molecule has 0 radical (unpaired) electrons. The van der Waals surface area contributed by atoms with Crippen molar-refractivity contribution in [3.8, 4) is 0 Å². The average Bonchev–Trinajstić information content (AvgIpc) is 3.01. The maximum absolute atomic E-state index is 4.38. The summed E-state index contributed by atoms with van der Waals surface area (Å²) >= 11 is 0. The lowest BCUT2D eigenvalue weighted by atomic mass is 9.90. The highest BCUT2D eigenvalue weighted by atomic mass is 15.2. The third-order valence-electron chi connectivity index (χ3n) is 4.70. The van der Waals surface area contributed by atoms with Gasteiger partial charge in [0.2, 0.25) is 0 Å². The van der Waals surface area contributed by atoms with Gasteiger partial charge in [-0.3, -0.25) is 4.40 Å². The molecule has 0 aromatic carbocycles. The third-order valence-corrected chi connectivity index (χ3v) is 4.70. The van der Waals surface area contributed by atoms with Crippen molar-refractivity contribution in [2.24, 2.45) is 0 Å². The summed E-state index contributed by atoms with van der Waals surface area (Å²) in [5.41, 5.74) is 1.03. The van der Waals surface area contributed by atoms with Crippen molar-refractivity contribution in [2.45, 2.75) is 51.1 Å². The van der Waals surface area contributed by atoms with Crippen LogP contribution in [-0.2, 0) is 0 Å². The van der Waals surface area contributed by atoms with Gasteiger partial charge in [0.1, 0.15) is 11.5 Å². The first-order valence-corrected chi connectivity index (χ1v) is 8.18. The molecule has 0 atom stereocenters. The molecule has 2 aromatic heterocycles. The van der Waals surface area contributed by atoms with Crippen LogP contribution in [0, 0.1) is 0 Å². The topological polar surface area (TPSA) is 32.6 Å². The van der Waals surface area contributed by atoms with E-state index in [2.05, 4.69) is 58.0 Å². The minimum Gasteiger partial charge on any atom is -0.358 e. The number of rotatable bonds is 5. The van der Waals surface area contributed by atoms with Crippen LogP contribution in [0.4, 0.5) is 5.82 Å². The quantitative estimate of drug-likeness (QED) is 0.917. The molecule has 0 saturated heterocycles. The molecule has 0 bridgehead atoms. The first kappa shape index (κ1) is 14.4. The molecular weight excluding hydrogens is 260 g/mol. The number of nitrogens with one attached hydrogen (secondary N) is 1. The van der Waals surface area contributed by atoms with Crippen molar-refractivity contribution >= 4 is 11.5 Å². The van der Waals surface area contributed by atoms with Crippen molar-refractivity contribution in [1.29, 1.82) is 0 Å². The van der Waals surface area contributed by atoms with Crippen LogP contribution in [0.2, 0.25) is 0 Å². The number of anilines is 1. The molecule has 1 fully saturated rings. The van der Waals surface area contributed by atoms with Gasteiger partial charge in [-0.2, -0.15) is 0 Å². The van der Waals surface area contributed by atoms with Crippen molar-refractivity contribution < 1.29 is 0 Å². The van der Waals surface area contributed by atoms with E-state index in [1.54, 1.807) is 0 Å². The molecule has 0 aliphatic heterocycles. The number of nitrogens with zero attached hydrogens (tertiary/aromatic N) is 3. The Hall–Kier alpha value is -1.55. The van der Waals surface area contributed by atoms with Crippen molar-refractivity contribution in [2.75, 3.05) is 18.5 Å². The highest BCUT2D eigenvalue weighted by molar-refractivity contribution is 5.51. The zero-order chi connectivity index (χ0) is 14.7. The van der Waals surface area contributed by atoms with Gasteiger partial charge in [-0.25, -0.2) is 4.98 Å². The Morgan fingerprint density at radius 1 is 1.29 bits per heavy atom. The normalized spacial score (nSPS) is 22.6. The van der Waals surface area contributed by atoms with Gasteiger partial charge in [-0.15, -0.1) is 0 Å². The second kappa shape index (κ2) is 6.48. The summed E-state index contributed by atoms with van der Waals surface area (Å²) in [5, 5.41) is 3.66. The Morgan fingerprint density at radius 2 is 2.10 bits per heavy atom. The monoisotopic (exact) mass is 286 g/mol. The van der Waals surface area contributed by atoms with Gasteiger partial charge in [-0.1, -0.05) is 13.0 Å². The number of aromatic nitrogens is 2. The van der Waals surface area contributed by atoms with E-state index < -0.39 is 0 Å². The first-order chi connectivity index (χ1) is 10.3. The second-order valence-electron chi connectivity index (χ2n) is 6.11. The lowest BCUT2D eigenvalue weighted by Crippen LogP contribution is -2.41. The molecule has 0 spiro atoms. The van der Waals surface area contributed by atoms with Gasteiger partial charge in [0.25, 0.3) is 0 Å². The van der Waals surface area contributed by atoms with Crippen LogP contribution in [-0.4, -0.2) is 35.1 Å². The van der Waals surface area contributed by atoms with E-state index in [1.165, 1.54) is 37.9 Å². The SMILES string of the molecule is CCCNC1CCC(N(C)c2cccc3nccn23)CC1. The molecule has 2 aromatic rings. The van der Waals surface area contributed by atoms with Crippen LogP contribution in [0.3, 0.4) is 0 Å². The summed E-state index contributed by atoms with van der Waals surface area (Å²) in [4.78, 5) is 6.81. The molecule has 0 unspecified atom stereocenters. The maximum Gasteiger partial charge on any atom is 0.138 e. The van der Waals surface area contributed by atoms with Crippen molar-refractivity contribution in [1.82, 2.24) is 14.7 Å². The lowest BCUT2D eigenvalue weighted by molar-refractivity contribution is 0.336. The van der Waals surface area contributed by atoms with Gasteiger partial charge in [0.15, 0.2) is 0 Å². The second-order valence-corrected chi connectivity index (χ2v) is 6.11. The highest BCUT2D eigenvalue weighted by Crippen LogP contribution is 2.26. The van der Waals surface area contributed by atoms with E-state index in [0.29, 0.717) is 6.04 Å². The van der Waals surface area contributed by atoms with Gasteiger partial charge in [0.05, 0.1) is 0 Å². The molecule has 4 heteroatoms. The summed E-state index contributed by atoms with van der Waals surface area (Å²) in [6, 6.07) is 7.71. The molecule has 1 saturated carbocycles. The van der Waals surface area contributed by atoms with E-state index in [1.807, 2.05) is 6.20 Å². The van der Waals surface area contributed by atoms with Gasteiger partial charge in [0, 0.05) is 31.5 Å². The fourth-order valence-corrected chi connectivity index (χ4v) is 3.42. The van der Waals surface area contributed by atoms with Crippen molar-refractivity contribution in [3.63, 3.8) is 0 Å². The van der Waals surface area contributed by atoms with Crippen LogP contribution < -0.4 is 10.2 Å². The van der Waals surface area contributed by atoms with Gasteiger partial charge in [-0.05, 0) is 50.8 Å². The average molecular weight is 286 g/mol. The third kappa shape index (κ3) is 3.05. The Balaban J connectivity index is 1.66. The van der Waals surface area contributed by atoms with Crippen LogP contribution >= 0.6 is 0 Å². The number of fused-ring (bicyclic) bond motifs is 1. The Morgan fingerprint density at radius 3 is 2.86 bits per heavy atom. The summed E-state index contributed by atoms with van der Waals surface area (Å²) in [7, 11) is 2.22. The van der Waals surface area contributed by atoms with Gasteiger partial charge >= 0.3 is 0 Å². The van der Waals surface area contributed by atoms with E-state index >= 15 is 0 Å². The zero-order valence-electron chi connectivity index (χ0n) is 13.1. The van der Waals surface area contributed by atoms with Crippen LogP contribution in [0.15, 0.2) is 30.6 Å². The molecule has 1 aliphatic carbocycles. The predicted octanol–water partition coefficient (Wildman–Crippen LogP) is 3.08. The minimum atomic E-state index is 0.637. The predicted molar refractivity (Wildman–Crippen MR) is 87.9 cm³/mol. The smallest absolute Gasteiger partial charge is 0.138 e. The highest BCUT2D eigenvalue weighted by Gasteiger charge is 2.24. The van der Waals surface area contributed by atoms with Crippen LogP contribution in [0.1, 0.15) is 39.0 Å². The summed E-state index contributed by atoms with van der Waals surface area (Å²) in [5.74, 6) is 1.25. The van der Waals surface area contributed by atoms with Crippen LogP contribution in [0.25, 0.3) is 5.65 Å². The number of imidazole rings is 1. The Labute approximate surface area is 127 Å². The van der Waals surface area contributed by atoms with E-state index in [0.717, 1.165) is 18.2 Å².